The first-order valence-corrected chi connectivity index (χ1v) is 13.9. The van der Waals surface area contributed by atoms with Crippen molar-refractivity contribution in [3.05, 3.63) is 48.0 Å². The zero-order valence-corrected chi connectivity index (χ0v) is 21.7. The van der Waals surface area contributed by atoms with Crippen LogP contribution < -0.4 is 14.8 Å². The molecule has 0 aliphatic carbocycles. The van der Waals surface area contributed by atoms with Crippen molar-refractivity contribution in [2.75, 3.05) is 51.2 Å². The second-order valence-electron chi connectivity index (χ2n) is 9.18. The molecule has 2 aromatic rings. The van der Waals surface area contributed by atoms with Gasteiger partial charge in [-0.15, -0.1) is 0 Å². The minimum Gasteiger partial charge on any atom is -0.454 e. The first-order valence-electron chi connectivity index (χ1n) is 12.4. The van der Waals surface area contributed by atoms with Crippen molar-refractivity contribution in [3.63, 3.8) is 0 Å². The van der Waals surface area contributed by atoms with Crippen LogP contribution in [-0.2, 0) is 16.6 Å². The molecule has 2 aromatic carbocycles. The smallest absolute Gasteiger partial charge is 0.241 e. The lowest BCUT2D eigenvalue weighted by Gasteiger charge is -2.33. The fourth-order valence-electron chi connectivity index (χ4n) is 4.20. The summed E-state index contributed by atoms with van der Waals surface area (Å²) in [5.74, 6) is 0.912. The Morgan fingerprint density at radius 2 is 1.59 bits per heavy atom. The molecule has 8 heteroatoms. The Hall–Kier alpha value is -2.13. The number of likely N-dealkylation sites (N-methyl/N-ethyl adjacent to an activating group) is 1. The van der Waals surface area contributed by atoms with E-state index in [0.29, 0.717) is 18.0 Å². The van der Waals surface area contributed by atoms with Gasteiger partial charge in [-0.2, -0.15) is 0 Å². The first kappa shape index (κ1) is 26.5. The molecule has 0 atom stereocenters. The van der Waals surface area contributed by atoms with Gasteiger partial charge >= 0.3 is 0 Å². The van der Waals surface area contributed by atoms with Gasteiger partial charge in [0.2, 0.25) is 10.0 Å². The summed E-state index contributed by atoms with van der Waals surface area (Å²) in [6.07, 6.45) is 4.14. The second-order valence-corrected chi connectivity index (χ2v) is 10.7. The average Bonchev–Trinajstić information content (AvgIpc) is 2.81. The molecule has 0 unspecified atom stereocenters. The Morgan fingerprint density at radius 1 is 0.971 bits per heavy atom. The van der Waals surface area contributed by atoms with Gasteiger partial charge in [0.25, 0.3) is 0 Å². The normalized spacial score (nSPS) is 15.4. The van der Waals surface area contributed by atoms with Crippen molar-refractivity contribution < 1.29 is 13.2 Å². The van der Waals surface area contributed by atoms with E-state index in [0.717, 1.165) is 76.2 Å². The molecule has 2 N–H and O–H groups in total. The van der Waals surface area contributed by atoms with Gasteiger partial charge in [-0.1, -0.05) is 44.9 Å². The quantitative estimate of drug-likeness (QED) is 0.480. The van der Waals surface area contributed by atoms with Crippen LogP contribution >= 0.6 is 0 Å². The molecule has 7 nitrogen and oxygen atoms in total. The number of rotatable bonds is 12. The topological polar surface area (TPSA) is 79.1 Å². The SMILES string of the molecule is CCCCN(CCCC)c1cc(CN2CCN(C)CC2)cc(S(N)(=O)=O)c1Oc1ccccc1. The molecule has 0 spiro atoms. The Balaban J connectivity index is 2.09. The Morgan fingerprint density at radius 3 is 2.15 bits per heavy atom. The highest BCUT2D eigenvalue weighted by atomic mass is 32.2. The van der Waals surface area contributed by atoms with E-state index in [1.54, 1.807) is 6.07 Å². The number of sulfonamides is 1. The van der Waals surface area contributed by atoms with Gasteiger partial charge in [0.1, 0.15) is 10.6 Å². The van der Waals surface area contributed by atoms with Crippen LogP contribution in [0.15, 0.2) is 47.4 Å². The number of hydrogen-bond donors (Lipinski definition) is 1. The van der Waals surface area contributed by atoms with Crippen molar-refractivity contribution in [1.82, 2.24) is 9.80 Å². The highest BCUT2D eigenvalue weighted by Gasteiger charge is 2.25. The van der Waals surface area contributed by atoms with Crippen molar-refractivity contribution in [2.45, 2.75) is 51.0 Å². The molecular formula is C26H40N4O3S. The van der Waals surface area contributed by atoms with Crippen LogP contribution in [0.5, 0.6) is 11.5 Å². The maximum absolute atomic E-state index is 12.8. The van der Waals surface area contributed by atoms with E-state index in [2.05, 4.69) is 41.7 Å². The molecule has 0 radical (unpaired) electrons. The minimum absolute atomic E-state index is 0.0518. The minimum atomic E-state index is -4.00. The van der Waals surface area contributed by atoms with Crippen molar-refractivity contribution in [1.29, 1.82) is 0 Å². The van der Waals surface area contributed by atoms with Crippen LogP contribution in [0.25, 0.3) is 0 Å². The maximum atomic E-state index is 12.8. The Bertz CT molecular complexity index is 998. The molecule has 1 aliphatic heterocycles. The van der Waals surface area contributed by atoms with Crippen LogP contribution in [0.3, 0.4) is 0 Å². The standard InChI is InChI=1S/C26H40N4O3S/c1-4-6-13-30(14-7-5-2)24-19-22(21-29-17-15-28(3)16-18-29)20-25(34(27,31)32)26(24)33-23-11-9-8-10-12-23/h8-12,19-20H,4-7,13-18,21H2,1-3H3,(H2,27,31,32). The fraction of sp³-hybridized carbons (Fsp3) is 0.538. The van der Waals surface area contributed by atoms with Crippen LogP contribution in [0.4, 0.5) is 5.69 Å². The van der Waals surface area contributed by atoms with Crippen LogP contribution in [0.1, 0.15) is 45.1 Å². The van der Waals surface area contributed by atoms with Crippen LogP contribution in [-0.4, -0.2) is 64.5 Å². The third-order valence-corrected chi connectivity index (χ3v) is 7.19. The molecule has 1 heterocycles. The van der Waals surface area contributed by atoms with Gasteiger partial charge in [-0.05, 0) is 49.7 Å². The summed E-state index contributed by atoms with van der Waals surface area (Å²) in [4.78, 5) is 7.00. The zero-order chi connectivity index (χ0) is 24.6. The number of unbranched alkanes of at least 4 members (excludes halogenated alkanes) is 2. The number of hydrogen-bond acceptors (Lipinski definition) is 6. The summed E-state index contributed by atoms with van der Waals surface area (Å²) in [6, 6.07) is 13.1. The number of piperazine rings is 1. The molecule has 0 bridgehead atoms. The molecule has 0 amide bonds. The lowest BCUT2D eigenvalue weighted by atomic mass is 10.1. The highest BCUT2D eigenvalue weighted by molar-refractivity contribution is 7.89. The monoisotopic (exact) mass is 488 g/mol. The average molecular weight is 489 g/mol. The predicted octanol–water partition coefficient (Wildman–Crippen LogP) is 4.28. The summed E-state index contributed by atoms with van der Waals surface area (Å²) < 4.78 is 31.8. The number of ether oxygens (including phenoxy) is 1. The third kappa shape index (κ3) is 7.43. The molecule has 188 valence electrons. The van der Waals surface area contributed by atoms with Gasteiger partial charge in [0.05, 0.1) is 5.69 Å². The van der Waals surface area contributed by atoms with E-state index in [-0.39, 0.29) is 4.90 Å². The number of para-hydroxylation sites is 1. The van der Waals surface area contributed by atoms with Crippen molar-refractivity contribution >= 4 is 15.7 Å². The molecule has 1 aliphatic rings. The van der Waals surface area contributed by atoms with E-state index in [1.165, 1.54) is 0 Å². The maximum Gasteiger partial charge on any atom is 0.241 e. The molecule has 3 rings (SSSR count). The fourth-order valence-corrected chi connectivity index (χ4v) is 4.92. The molecule has 0 aromatic heterocycles. The number of anilines is 1. The lowest BCUT2D eigenvalue weighted by Crippen LogP contribution is -2.43. The summed E-state index contributed by atoms with van der Waals surface area (Å²) >= 11 is 0. The van der Waals surface area contributed by atoms with Gasteiger partial charge in [0.15, 0.2) is 5.75 Å². The van der Waals surface area contributed by atoms with E-state index >= 15 is 0 Å². The summed E-state index contributed by atoms with van der Waals surface area (Å²) in [7, 11) is -1.87. The summed E-state index contributed by atoms with van der Waals surface area (Å²) in [5, 5.41) is 5.75. The second kappa shape index (κ2) is 12.5. The van der Waals surface area contributed by atoms with Crippen molar-refractivity contribution in [2.24, 2.45) is 5.14 Å². The molecule has 1 fully saturated rings. The predicted molar refractivity (Wildman–Crippen MR) is 139 cm³/mol. The molecule has 1 saturated heterocycles. The number of primary sulfonamides is 1. The van der Waals surface area contributed by atoms with E-state index in [9.17, 15) is 8.42 Å². The Labute approximate surface area is 205 Å². The van der Waals surface area contributed by atoms with Crippen molar-refractivity contribution in [3.8, 4) is 11.5 Å². The number of nitrogens with zero attached hydrogens (tertiary/aromatic N) is 3. The zero-order valence-electron chi connectivity index (χ0n) is 20.9. The third-order valence-electron chi connectivity index (χ3n) is 6.27. The molecule has 0 saturated carbocycles. The number of nitrogens with two attached hydrogens (primary N) is 1. The largest absolute Gasteiger partial charge is 0.454 e. The summed E-state index contributed by atoms with van der Waals surface area (Å²) in [5.41, 5.74) is 1.75. The van der Waals surface area contributed by atoms with Gasteiger partial charge in [-0.25, -0.2) is 13.6 Å². The number of benzene rings is 2. The van der Waals surface area contributed by atoms with Gasteiger partial charge < -0.3 is 14.5 Å². The van der Waals surface area contributed by atoms with Gasteiger partial charge in [0, 0.05) is 45.8 Å². The van der Waals surface area contributed by atoms with Crippen LogP contribution in [0, 0.1) is 0 Å². The first-order chi connectivity index (χ1) is 16.3. The van der Waals surface area contributed by atoms with E-state index < -0.39 is 10.0 Å². The molecule has 34 heavy (non-hydrogen) atoms. The summed E-state index contributed by atoms with van der Waals surface area (Å²) in [6.45, 7) is 10.6. The van der Waals surface area contributed by atoms with Gasteiger partial charge in [-0.3, -0.25) is 4.90 Å². The van der Waals surface area contributed by atoms with E-state index in [4.69, 9.17) is 9.88 Å². The Kier molecular flexibility index (Phi) is 9.76. The highest BCUT2D eigenvalue weighted by Crippen LogP contribution is 2.40. The molecular weight excluding hydrogens is 448 g/mol. The van der Waals surface area contributed by atoms with E-state index in [1.807, 2.05) is 30.3 Å². The lowest BCUT2D eigenvalue weighted by molar-refractivity contribution is 0.148. The van der Waals surface area contributed by atoms with Crippen LogP contribution in [0.2, 0.25) is 0 Å².